The van der Waals surface area contributed by atoms with Gasteiger partial charge in [-0.3, -0.25) is 19.2 Å². The first-order chi connectivity index (χ1) is 21.2. The summed E-state index contributed by atoms with van der Waals surface area (Å²) >= 11 is 0. The molecular weight excluding hydrogens is 595 g/mol. The molecule has 1 aliphatic rings. The van der Waals surface area contributed by atoms with Gasteiger partial charge in [0.25, 0.3) is 21.6 Å². The van der Waals surface area contributed by atoms with Gasteiger partial charge in [0.1, 0.15) is 37.9 Å². The van der Waals surface area contributed by atoms with E-state index in [1.165, 1.54) is 48.7 Å². The maximum atomic E-state index is 13.6. The van der Waals surface area contributed by atoms with E-state index in [2.05, 4.69) is 10.5 Å². The van der Waals surface area contributed by atoms with Crippen LogP contribution < -0.4 is 23.9 Å². The molecule has 0 saturated carbocycles. The van der Waals surface area contributed by atoms with Gasteiger partial charge in [-0.2, -0.15) is 5.10 Å². The smallest absolute Gasteiger partial charge is 0.269 e. The molecule has 5 rings (SSSR count). The number of carbonyl (C=O) groups excluding carboxylic acids is 1. The predicted molar refractivity (Wildman–Crippen MR) is 158 cm³/mol. The standard InChI is InChI=1S/C30H25FN4O8S/c31-23-5-9-24(10-6-23)34(44(39,40)27-13-14-28-29(17-27)42-16-15-41-28)19-30(36)33-32-18-21-3-11-26(12-4-21)43-20-22-1-7-25(8-2-22)35(37)38/h1-14,17-18H,15-16,19-20H2,(H,33,36)/b32-18-. The number of nitro benzene ring substituents is 1. The fourth-order valence-corrected chi connectivity index (χ4v) is 5.55. The van der Waals surface area contributed by atoms with Crippen molar-refractivity contribution in [2.75, 3.05) is 24.1 Å². The SMILES string of the molecule is O=C(CN(c1ccc(F)cc1)S(=O)(=O)c1ccc2c(c1)OCCO2)N/N=C\c1ccc(OCc2ccc([N+](=O)[O-])cc2)cc1. The predicted octanol–water partition coefficient (Wildman–Crippen LogP) is 4.43. The molecule has 0 aromatic heterocycles. The Hall–Kier alpha value is -5.50. The van der Waals surface area contributed by atoms with Crippen LogP contribution in [0.1, 0.15) is 11.1 Å². The lowest BCUT2D eigenvalue weighted by atomic mass is 10.2. The summed E-state index contributed by atoms with van der Waals surface area (Å²) in [5, 5.41) is 14.7. The largest absolute Gasteiger partial charge is 0.489 e. The molecule has 0 spiro atoms. The number of amides is 1. The minimum Gasteiger partial charge on any atom is -0.489 e. The van der Waals surface area contributed by atoms with Crippen molar-refractivity contribution >= 4 is 33.5 Å². The summed E-state index contributed by atoms with van der Waals surface area (Å²) in [6, 6.07) is 21.6. The van der Waals surface area contributed by atoms with Crippen LogP contribution in [-0.4, -0.2) is 45.2 Å². The van der Waals surface area contributed by atoms with Crippen molar-refractivity contribution in [3.63, 3.8) is 0 Å². The van der Waals surface area contributed by atoms with Crippen LogP contribution in [-0.2, 0) is 21.4 Å². The van der Waals surface area contributed by atoms with E-state index in [9.17, 15) is 27.7 Å². The van der Waals surface area contributed by atoms with Crippen LogP contribution in [0.15, 0.2) is 101 Å². The van der Waals surface area contributed by atoms with Gasteiger partial charge in [0.05, 0.1) is 21.7 Å². The number of benzene rings is 4. The molecule has 12 nitrogen and oxygen atoms in total. The van der Waals surface area contributed by atoms with E-state index >= 15 is 0 Å². The number of fused-ring (bicyclic) bond motifs is 1. The van der Waals surface area contributed by atoms with Crippen LogP contribution in [0.3, 0.4) is 0 Å². The third-order valence-electron chi connectivity index (χ3n) is 6.34. The summed E-state index contributed by atoms with van der Waals surface area (Å²) in [6.45, 7) is 0.163. The Kier molecular flexibility index (Phi) is 9.00. The number of non-ortho nitro benzene ring substituents is 1. The number of hydrogen-bond acceptors (Lipinski definition) is 9. The van der Waals surface area contributed by atoms with E-state index in [1.54, 1.807) is 36.4 Å². The molecule has 0 radical (unpaired) electrons. The number of halogens is 1. The van der Waals surface area contributed by atoms with Crippen LogP contribution in [0.25, 0.3) is 0 Å². The molecule has 1 N–H and O–H groups in total. The average molecular weight is 621 g/mol. The first-order valence-electron chi connectivity index (χ1n) is 13.1. The van der Waals surface area contributed by atoms with E-state index in [0.717, 1.165) is 22.0 Å². The second-order valence-electron chi connectivity index (χ2n) is 9.37. The first kappa shape index (κ1) is 30.0. The van der Waals surface area contributed by atoms with Gasteiger partial charge in [-0.1, -0.05) is 0 Å². The topological polar surface area (TPSA) is 150 Å². The highest BCUT2D eigenvalue weighted by Crippen LogP contribution is 2.34. The number of nitro groups is 1. The Bertz CT molecular complexity index is 1780. The Morgan fingerprint density at radius 3 is 2.34 bits per heavy atom. The number of rotatable bonds is 11. The Labute approximate surface area is 251 Å². The highest BCUT2D eigenvalue weighted by Gasteiger charge is 2.29. The lowest BCUT2D eigenvalue weighted by molar-refractivity contribution is -0.384. The van der Waals surface area contributed by atoms with Gasteiger partial charge in [0.2, 0.25) is 0 Å². The number of hydrazone groups is 1. The zero-order valence-electron chi connectivity index (χ0n) is 23.0. The van der Waals surface area contributed by atoms with Gasteiger partial charge < -0.3 is 14.2 Å². The summed E-state index contributed by atoms with van der Waals surface area (Å²) in [6.07, 6.45) is 1.37. The summed E-state index contributed by atoms with van der Waals surface area (Å²) in [5.41, 5.74) is 3.76. The number of anilines is 1. The molecule has 226 valence electrons. The van der Waals surface area contributed by atoms with Crippen LogP contribution in [0, 0.1) is 15.9 Å². The minimum absolute atomic E-state index is 0.00527. The lowest BCUT2D eigenvalue weighted by Crippen LogP contribution is -2.39. The molecule has 0 saturated heterocycles. The molecule has 4 aromatic carbocycles. The maximum absolute atomic E-state index is 13.6. The molecule has 1 heterocycles. The molecule has 0 aliphatic carbocycles. The summed E-state index contributed by atoms with van der Waals surface area (Å²) in [7, 11) is -4.29. The number of hydrogen-bond donors (Lipinski definition) is 1. The lowest BCUT2D eigenvalue weighted by Gasteiger charge is -2.25. The van der Waals surface area contributed by atoms with Crippen LogP contribution in [0.4, 0.5) is 15.8 Å². The van der Waals surface area contributed by atoms with Crippen molar-refractivity contribution in [1.82, 2.24) is 5.43 Å². The molecule has 1 amide bonds. The van der Waals surface area contributed by atoms with E-state index in [4.69, 9.17) is 14.2 Å². The molecule has 14 heteroatoms. The molecule has 4 aromatic rings. The highest BCUT2D eigenvalue weighted by atomic mass is 32.2. The monoisotopic (exact) mass is 620 g/mol. The molecular formula is C30H25FN4O8S. The normalized spacial score (nSPS) is 12.5. The zero-order valence-corrected chi connectivity index (χ0v) is 23.8. The fraction of sp³-hybridized carbons (Fsp3) is 0.133. The van der Waals surface area contributed by atoms with Crippen molar-refractivity contribution < 1.29 is 36.7 Å². The van der Waals surface area contributed by atoms with E-state index in [0.29, 0.717) is 23.7 Å². The Morgan fingerprint density at radius 2 is 1.66 bits per heavy atom. The number of ether oxygens (including phenoxy) is 3. The first-order valence-corrected chi connectivity index (χ1v) is 14.6. The molecule has 0 unspecified atom stereocenters. The van der Waals surface area contributed by atoms with E-state index in [-0.39, 0.29) is 35.2 Å². The van der Waals surface area contributed by atoms with Gasteiger partial charge in [-0.05, 0) is 83.9 Å². The zero-order chi connectivity index (χ0) is 31.1. The number of nitrogens with zero attached hydrogens (tertiary/aromatic N) is 3. The molecule has 0 fully saturated rings. The average Bonchev–Trinajstić information content (AvgIpc) is 3.03. The Morgan fingerprint density at radius 1 is 0.977 bits per heavy atom. The molecule has 44 heavy (non-hydrogen) atoms. The van der Waals surface area contributed by atoms with E-state index in [1.807, 2.05) is 0 Å². The number of nitrogens with one attached hydrogen (secondary N) is 1. The van der Waals surface area contributed by atoms with E-state index < -0.39 is 33.2 Å². The van der Waals surface area contributed by atoms with Gasteiger partial charge in [-0.15, -0.1) is 0 Å². The van der Waals surface area contributed by atoms with Gasteiger partial charge in [-0.25, -0.2) is 18.2 Å². The number of carbonyl (C=O) groups is 1. The second kappa shape index (κ2) is 13.2. The second-order valence-corrected chi connectivity index (χ2v) is 11.2. The molecule has 0 bridgehead atoms. The van der Waals surface area contributed by atoms with Crippen molar-refractivity contribution in [3.05, 3.63) is 118 Å². The van der Waals surface area contributed by atoms with Crippen molar-refractivity contribution in [2.45, 2.75) is 11.5 Å². The Balaban J connectivity index is 1.22. The summed E-state index contributed by atoms with van der Waals surface area (Å²) < 4.78 is 58.4. The van der Waals surface area contributed by atoms with Crippen LogP contribution >= 0.6 is 0 Å². The quantitative estimate of drug-likeness (QED) is 0.147. The number of sulfonamides is 1. The fourth-order valence-electron chi connectivity index (χ4n) is 4.11. The minimum atomic E-state index is -4.29. The molecule has 0 atom stereocenters. The van der Waals surface area contributed by atoms with Gasteiger partial charge in [0, 0.05) is 18.2 Å². The third-order valence-corrected chi connectivity index (χ3v) is 8.11. The van der Waals surface area contributed by atoms with Crippen LogP contribution in [0.5, 0.6) is 17.2 Å². The van der Waals surface area contributed by atoms with Crippen molar-refractivity contribution in [1.29, 1.82) is 0 Å². The third kappa shape index (κ3) is 7.28. The highest BCUT2D eigenvalue weighted by molar-refractivity contribution is 7.92. The van der Waals surface area contributed by atoms with Crippen molar-refractivity contribution in [2.24, 2.45) is 5.10 Å². The van der Waals surface area contributed by atoms with Crippen molar-refractivity contribution in [3.8, 4) is 17.2 Å². The van der Waals surface area contributed by atoms with Gasteiger partial charge in [0.15, 0.2) is 11.5 Å². The van der Waals surface area contributed by atoms with Crippen LogP contribution in [0.2, 0.25) is 0 Å². The maximum Gasteiger partial charge on any atom is 0.269 e. The summed E-state index contributed by atoms with van der Waals surface area (Å²) in [4.78, 5) is 23.0. The summed E-state index contributed by atoms with van der Waals surface area (Å²) in [5.74, 6) is -0.103. The van der Waals surface area contributed by atoms with Gasteiger partial charge >= 0.3 is 0 Å². The molecule has 1 aliphatic heterocycles.